The van der Waals surface area contributed by atoms with E-state index < -0.39 is 33.9 Å². The Kier molecular flexibility index (Phi) is 5.44. The number of carbonyl (C=O) groups excluding carboxylic acids is 2. The van der Waals surface area contributed by atoms with E-state index in [4.69, 9.17) is 0 Å². The molecular formula is C7H8O4Sn. The van der Waals surface area contributed by atoms with Gasteiger partial charge in [-0.25, -0.2) is 0 Å². The second kappa shape index (κ2) is 5.82. The van der Waals surface area contributed by atoms with Crippen molar-refractivity contribution in [3.05, 3.63) is 24.8 Å². The van der Waals surface area contributed by atoms with Crippen LogP contribution >= 0.6 is 0 Å². The van der Waals surface area contributed by atoms with Crippen molar-refractivity contribution < 1.29 is 15.7 Å². The van der Waals surface area contributed by atoms with Crippen molar-refractivity contribution in [3.63, 3.8) is 0 Å². The molecule has 5 heteroatoms. The van der Waals surface area contributed by atoms with Crippen LogP contribution in [-0.4, -0.2) is 33.9 Å². The van der Waals surface area contributed by atoms with Gasteiger partial charge < -0.3 is 0 Å². The predicted molar refractivity (Wildman–Crippen MR) is 42.9 cm³/mol. The minimum absolute atomic E-state index is 0.297. The third-order valence-electron chi connectivity index (χ3n) is 0.792. The third-order valence-corrected chi connectivity index (χ3v) is 2.37. The van der Waals surface area contributed by atoms with Gasteiger partial charge in [0.15, 0.2) is 0 Å². The zero-order valence-electron chi connectivity index (χ0n) is 6.62. The van der Waals surface area contributed by atoms with Crippen molar-refractivity contribution in [2.75, 3.05) is 0 Å². The SMILES string of the molecule is C=CC(=O)[O][Sn][O]C(=O)C(=C)C. The molecule has 0 spiro atoms. The number of rotatable bonds is 4. The zero-order chi connectivity index (χ0) is 9.56. The molecule has 64 valence electrons. The van der Waals surface area contributed by atoms with Gasteiger partial charge in [0.25, 0.3) is 0 Å². The van der Waals surface area contributed by atoms with Gasteiger partial charge in [-0.1, -0.05) is 0 Å². The Bertz CT molecular complexity index is 221. The molecule has 0 aliphatic heterocycles. The summed E-state index contributed by atoms with van der Waals surface area (Å²) in [5.74, 6) is -1.07. The average molecular weight is 275 g/mol. The van der Waals surface area contributed by atoms with E-state index in [-0.39, 0.29) is 0 Å². The molecule has 0 N–H and O–H groups in total. The van der Waals surface area contributed by atoms with Gasteiger partial charge in [-0.15, -0.1) is 0 Å². The van der Waals surface area contributed by atoms with Crippen molar-refractivity contribution in [1.29, 1.82) is 0 Å². The standard InChI is InChI=1S/C4H6O2.C3H4O2.Sn/c1-3(2)4(5)6;1-2-3(4)5;/h1H2,2H3,(H,5,6);2H,1H2,(H,4,5);/q;;+2/p-2. The van der Waals surface area contributed by atoms with E-state index in [1.54, 1.807) is 0 Å². The molecule has 0 bridgehead atoms. The van der Waals surface area contributed by atoms with E-state index in [9.17, 15) is 9.59 Å². The summed E-state index contributed by atoms with van der Waals surface area (Å²) in [5, 5.41) is 0. The van der Waals surface area contributed by atoms with Gasteiger partial charge in [0, 0.05) is 0 Å². The van der Waals surface area contributed by atoms with Crippen LogP contribution in [-0.2, 0) is 15.7 Å². The first-order chi connectivity index (χ1) is 5.57. The normalized spacial score (nSPS) is 8.42. The van der Waals surface area contributed by atoms with Crippen LogP contribution in [0.5, 0.6) is 0 Å². The second-order valence-electron chi connectivity index (χ2n) is 1.88. The molecule has 0 amide bonds. The molecule has 0 aliphatic carbocycles. The van der Waals surface area contributed by atoms with Crippen LogP contribution in [0.15, 0.2) is 24.8 Å². The Labute approximate surface area is 81.5 Å². The van der Waals surface area contributed by atoms with Gasteiger partial charge in [-0.3, -0.25) is 0 Å². The molecule has 0 rings (SSSR count). The summed E-state index contributed by atoms with van der Waals surface area (Å²) in [6, 6.07) is 0. The minimum atomic E-state index is -1.83. The van der Waals surface area contributed by atoms with E-state index in [1.165, 1.54) is 6.92 Å². The van der Waals surface area contributed by atoms with Crippen LogP contribution in [0.4, 0.5) is 0 Å². The Morgan fingerprint density at radius 1 is 1.42 bits per heavy atom. The topological polar surface area (TPSA) is 52.6 Å². The molecule has 4 nitrogen and oxygen atoms in total. The number of hydrogen-bond donors (Lipinski definition) is 0. The fourth-order valence-corrected chi connectivity index (χ4v) is 1.53. The Morgan fingerprint density at radius 3 is 2.42 bits per heavy atom. The summed E-state index contributed by atoms with van der Waals surface area (Å²) in [6.07, 6.45) is 1.02. The van der Waals surface area contributed by atoms with Gasteiger partial charge in [0.1, 0.15) is 0 Å². The summed E-state index contributed by atoms with van der Waals surface area (Å²) in [7, 11) is 0. The molecule has 0 aromatic heterocycles. The molecule has 0 aliphatic rings. The van der Waals surface area contributed by atoms with Crippen molar-refractivity contribution in [1.82, 2.24) is 0 Å². The quantitative estimate of drug-likeness (QED) is 0.549. The molecule has 0 aromatic carbocycles. The van der Waals surface area contributed by atoms with Crippen LogP contribution in [0.1, 0.15) is 6.92 Å². The molecule has 12 heavy (non-hydrogen) atoms. The van der Waals surface area contributed by atoms with Gasteiger partial charge in [0.2, 0.25) is 0 Å². The van der Waals surface area contributed by atoms with E-state index in [0.717, 1.165) is 6.08 Å². The molecule has 2 radical (unpaired) electrons. The Balaban J connectivity index is 3.57. The molecule has 0 unspecified atom stereocenters. The Morgan fingerprint density at radius 2 is 2.00 bits per heavy atom. The van der Waals surface area contributed by atoms with E-state index >= 15 is 0 Å². The molecule has 0 aromatic rings. The molecule has 0 saturated carbocycles. The van der Waals surface area contributed by atoms with Crippen molar-refractivity contribution in [2.24, 2.45) is 0 Å². The number of hydrogen-bond acceptors (Lipinski definition) is 4. The monoisotopic (exact) mass is 276 g/mol. The molecular weight excluding hydrogens is 267 g/mol. The first-order valence-electron chi connectivity index (χ1n) is 3.03. The fraction of sp³-hybridized carbons (Fsp3) is 0.143. The zero-order valence-corrected chi connectivity index (χ0v) is 9.48. The van der Waals surface area contributed by atoms with Crippen molar-refractivity contribution in [3.8, 4) is 0 Å². The molecule has 0 fully saturated rings. The van der Waals surface area contributed by atoms with Crippen LogP contribution in [0, 0.1) is 0 Å². The van der Waals surface area contributed by atoms with Crippen molar-refractivity contribution >= 4 is 33.9 Å². The summed E-state index contributed by atoms with van der Waals surface area (Å²) in [4.78, 5) is 21.2. The van der Waals surface area contributed by atoms with Crippen LogP contribution in [0.25, 0.3) is 0 Å². The van der Waals surface area contributed by atoms with Gasteiger partial charge in [-0.2, -0.15) is 0 Å². The Hall–Kier alpha value is -0.781. The predicted octanol–water partition coefficient (Wildman–Crippen LogP) is 0.369. The first kappa shape index (κ1) is 11.2. The molecule has 0 saturated heterocycles. The molecule has 0 heterocycles. The maximum absolute atomic E-state index is 10.7. The van der Waals surface area contributed by atoms with E-state index in [2.05, 4.69) is 19.3 Å². The summed E-state index contributed by atoms with van der Waals surface area (Å²) < 4.78 is 9.16. The second-order valence-corrected chi connectivity index (χ2v) is 3.52. The summed E-state index contributed by atoms with van der Waals surface area (Å²) in [6.45, 7) is 8.08. The maximum atomic E-state index is 10.7. The van der Waals surface area contributed by atoms with Crippen molar-refractivity contribution in [2.45, 2.75) is 6.92 Å². The van der Waals surface area contributed by atoms with E-state index in [1.807, 2.05) is 0 Å². The summed E-state index contributed by atoms with van der Waals surface area (Å²) >= 11 is -1.83. The van der Waals surface area contributed by atoms with Gasteiger partial charge in [-0.05, 0) is 0 Å². The third kappa shape index (κ3) is 4.95. The van der Waals surface area contributed by atoms with Crippen LogP contribution in [0.2, 0.25) is 0 Å². The van der Waals surface area contributed by atoms with E-state index in [0.29, 0.717) is 5.57 Å². The summed E-state index contributed by atoms with van der Waals surface area (Å²) in [5.41, 5.74) is 0.297. The fourth-order valence-electron chi connectivity index (χ4n) is 0.229. The van der Waals surface area contributed by atoms with Crippen LogP contribution in [0.3, 0.4) is 0 Å². The van der Waals surface area contributed by atoms with Crippen LogP contribution < -0.4 is 0 Å². The van der Waals surface area contributed by atoms with Gasteiger partial charge >= 0.3 is 81.4 Å². The number of carbonyl (C=O) groups is 2. The first-order valence-corrected chi connectivity index (χ1v) is 5.36. The van der Waals surface area contributed by atoms with Gasteiger partial charge in [0.05, 0.1) is 0 Å². The average Bonchev–Trinajstić information content (AvgIpc) is 2.03. The molecule has 0 atom stereocenters.